The van der Waals surface area contributed by atoms with Gasteiger partial charge < -0.3 is 4.90 Å². The molecule has 0 unspecified atom stereocenters. The number of sulfonamides is 1. The second kappa shape index (κ2) is 6.35. The van der Waals surface area contributed by atoms with Crippen LogP contribution < -0.4 is 9.62 Å². The summed E-state index contributed by atoms with van der Waals surface area (Å²) in [5.41, 5.74) is 2.91. The lowest BCUT2D eigenvalue weighted by Gasteiger charge is -2.20. The Labute approximate surface area is 152 Å². The van der Waals surface area contributed by atoms with E-state index in [9.17, 15) is 13.2 Å². The van der Waals surface area contributed by atoms with Gasteiger partial charge in [-0.25, -0.2) is 8.42 Å². The van der Waals surface area contributed by atoms with Gasteiger partial charge in [0.2, 0.25) is 5.91 Å². The van der Waals surface area contributed by atoms with E-state index in [1.807, 2.05) is 13.8 Å². The summed E-state index contributed by atoms with van der Waals surface area (Å²) in [5.74, 6) is -0.0496. The molecule has 2 aromatic carbocycles. The Morgan fingerprint density at radius 2 is 1.96 bits per heavy atom. The summed E-state index contributed by atoms with van der Waals surface area (Å²) in [6.07, 6.45) is 0.629. The molecule has 25 heavy (non-hydrogen) atoms. The number of nitrogens with zero attached hydrogens (tertiary/aromatic N) is 1. The van der Waals surface area contributed by atoms with Gasteiger partial charge in [-0.2, -0.15) is 0 Å². The summed E-state index contributed by atoms with van der Waals surface area (Å²) >= 11 is 6.12. The molecule has 1 aliphatic rings. The van der Waals surface area contributed by atoms with E-state index in [2.05, 4.69) is 4.72 Å². The van der Waals surface area contributed by atoms with Crippen molar-refractivity contribution in [2.75, 3.05) is 9.62 Å². The zero-order valence-corrected chi connectivity index (χ0v) is 15.8. The number of halogens is 1. The number of benzene rings is 2. The van der Waals surface area contributed by atoms with Crippen LogP contribution in [-0.4, -0.2) is 20.4 Å². The predicted octanol–water partition coefficient (Wildman–Crippen LogP) is 3.75. The minimum atomic E-state index is -3.76. The molecule has 2 aromatic rings. The van der Waals surface area contributed by atoms with Gasteiger partial charge in [-0.3, -0.25) is 9.52 Å². The van der Waals surface area contributed by atoms with Crippen LogP contribution in [0, 0.1) is 6.92 Å². The van der Waals surface area contributed by atoms with Gasteiger partial charge in [0.25, 0.3) is 10.0 Å². The molecule has 0 saturated heterocycles. The topological polar surface area (TPSA) is 66.5 Å². The fourth-order valence-electron chi connectivity index (χ4n) is 3.16. The van der Waals surface area contributed by atoms with Crippen molar-refractivity contribution in [3.8, 4) is 0 Å². The van der Waals surface area contributed by atoms with Crippen LogP contribution in [0.25, 0.3) is 0 Å². The van der Waals surface area contributed by atoms with Crippen molar-refractivity contribution < 1.29 is 13.2 Å². The average Bonchev–Trinajstić information content (AvgIpc) is 2.85. The van der Waals surface area contributed by atoms with Crippen LogP contribution in [0.2, 0.25) is 5.02 Å². The number of hydrogen-bond donors (Lipinski definition) is 1. The van der Waals surface area contributed by atoms with Gasteiger partial charge in [-0.1, -0.05) is 17.7 Å². The first-order valence-electron chi connectivity index (χ1n) is 7.91. The van der Waals surface area contributed by atoms with Crippen molar-refractivity contribution in [1.29, 1.82) is 0 Å². The Balaban J connectivity index is 1.94. The first-order chi connectivity index (χ1) is 11.7. The summed E-state index contributed by atoms with van der Waals surface area (Å²) < 4.78 is 27.9. The van der Waals surface area contributed by atoms with Crippen molar-refractivity contribution in [1.82, 2.24) is 0 Å². The zero-order valence-electron chi connectivity index (χ0n) is 14.2. The Kier molecular flexibility index (Phi) is 4.51. The third kappa shape index (κ3) is 3.37. The van der Waals surface area contributed by atoms with Crippen molar-refractivity contribution in [2.24, 2.45) is 0 Å². The molecule has 1 aliphatic heterocycles. The van der Waals surface area contributed by atoms with Crippen LogP contribution in [-0.2, 0) is 21.2 Å². The molecule has 0 bridgehead atoms. The van der Waals surface area contributed by atoms with Gasteiger partial charge in [0.15, 0.2) is 0 Å². The summed E-state index contributed by atoms with van der Waals surface area (Å²) in [6.45, 7) is 5.34. The van der Waals surface area contributed by atoms with Gasteiger partial charge in [-0.15, -0.1) is 0 Å². The number of anilines is 2. The Bertz CT molecular complexity index is 957. The number of rotatable bonds is 3. The van der Waals surface area contributed by atoms with Crippen molar-refractivity contribution in [3.63, 3.8) is 0 Å². The molecule has 1 atom stereocenters. The molecule has 1 N–H and O–H groups in total. The maximum Gasteiger partial charge on any atom is 0.261 e. The number of amides is 1. The van der Waals surface area contributed by atoms with E-state index in [1.54, 1.807) is 35.2 Å². The molecule has 1 amide bonds. The van der Waals surface area contributed by atoms with Crippen LogP contribution in [0.3, 0.4) is 0 Å². The highest BCUT2D eigenvalue weighted by atomic mass is 35.5. The molecule has 0 aromatic heterocycles. The van der Waals surface area contributed by atoms with E-state index in [-0.39, 0.29) is 16.8 Å². The van der Waals surface area contributed by atoms with E-state index >= 15 is 0 Å². The van der Waals surface area contributed by atoms with Gasteiger partial charge in [-0.05, 0) is 61.7 Å². The van der Waals surface area contributed by atoms with E-state index in [1.165, 1.54) is 13.0 Å². The molecule has 5 nitrogen and oxygen atoms in total. The second-order valence-electron chi connectivity index (χ2n) is 6.32. The molecule has 0 fully saturated rings. The van der Waals surface area contributed by atoms with Crippen molar-refractivity contribution in [3.05, 3.63) is 52.5 Å². The second-order valence-corrected chi connectivity index (χ2v) is 8.41. The lowest BCUT2D eigenvalue weighted by Crippen LogP contribution is -2.33. The molecule has 1 heterocycles. The van der Waals surface area contributed by atoms with E-state index in [0.717, 1.165) is 16.8 Å². The first-order valence-corrected chi connectivity index (χ1v) is 9.77. The van der Waals surface area contributed by atoms with Crippen LogP contribution in [0.4, 0.5) is 11.4 Å². The molecule has 0 aliphatic carbocycles. The van der Waals surface area contributed by atoms with Crippen LogP contribution in [0.5, 0.6) is 0 Å². The van der Waals surface area contributed by atoms with Crippen LogP contribution in [0.15, 0.2) is 41.3 Å². The zero-order chi connectivity index (χ0) is 18.4. The van der Waals surface area contributed by atoms with Gasteiger partial charge >= 0.3 is 0 Å². The van der Waals surface area contributed by atoms with Crippen LogP contribution >= 0.6 is 11.6 Å². The number of carbonyl (C=O) groups excluding carboxylic acids is 1. The highest BCUT2D eigenvalue weighted by Gasteiger charge is 2.30. The first kappa shape index (κ1) is 17.8. The monoisotopic (exact) mass is 378 g/mol. The number of aryl methyl sites for hydroxylation is 1. The van der Waals surface area contributed by atoms with Crippen LogP contribution in [0.1, 0.15) is 25.0 Å². The molecular weight excluding hydrogens is 360 g/mol. The standard InChI is InChI=1S/C18H19ClN2O3S/c1-11-4-6-17(16(19)8-11)20-25(23,24)15-5-7-18-14(10-15)9-12(2)21(18)13(3)22/h4-8,10,12,20H,9H2,1-3H3/t12-/m0/s1. The fraction of sp³-hybridized carbons (Fsp3) is 0.278. The van der Waals surface area contributed by atoms with Gasteiger partial charge in [0, 0.05) is 18.7 Å². The molecule has 132 valence electrons. The van der Waals surface area contributed by atoms with Crippen molar-refractivity contribution in [2.45, 2.75) is 38.1 Å². The minimum absolute atomic E-state index is 0.0185. The summed E-state index contributed by atoms with van der Waals surface area (Å²) in [7, 11) is -3.76. The normalized spacial score (nSPS) is 16.6. The number of carbonyl (C=O) groups is 1. The number of fused-ring (bicyclic) bond motifs is 1. The molecular formula is C18H19ClN2O3S. The predicted molar refractivity (Wildman–Crippen MR) is 99.8 cm³/mol. The molecule has 0 saturated carbocycles. The van der Waals surface area contributed by atoms with Crippen molar-refractivity contribution >= 4 is 38.9 Å². The van der Waals surface area contributed by atoms with E-state index in [4.69, 9.17) is 11.6 Å². The lowest BCUT2D eigenvalue weighted by molar-refractivity contribution is -0.116. The molecule has 0 spiro atoms. The Hall–Kier alpha value is -2.05. The number of nitrogens with one attached hydrogen (secondary N) is 1. The third-order valence-electron chi connectivity index (χ3n) is 4.29. The Morgan fingerprint density at radius 1 is 1.24 bits per heavy atom. The largest absolute Gasteiger partial charge is 0.309 e. The maximum absolute atomic E-state index is 12.7. The Morgan fingerprint density at radius 3 is 2.60 bits per heavy atom. The molecule has 0 radical (unpaired) electrons. The fourth-order valence-corrected chi connectivity index (χ4v) is 4.63. The lowest BCUT2D eigenvalue weighted by atomic mass is 10.1. The molecule has 3 rings (SSSR count). The van der Waals surface area contributed by atoms with Gasteiger partial charge in [0.05, 0.1) is 15.6 Å². The highest BCUT2D eigenvalue weighted by Crippen LogP contribution is 2.34. The maximum atomic E-state index is 12.7. The smallest absolute Gasteiger partial charge is 0.261 e. The minimum Gasteiger partial charge on any atom is -0.309 e. The third-order valence-corrected chi connectivity index (χ3v) is 5.96. The summed E-state index contributed by atoms with van der Waals surface area (Å²) in [6, 6.07) is 9.97. The summed E-state index contributed by atoms with van der Waals surface area (Å²) in [5, 5.41) is 0.348. The highest BCUT2D eigenvalue weighted by molar-refractivity contribution is 7.92. The number of hydrogen-bond acceptors (Lipinski definition) is 3. The van der Waals surface area contributed by atoms with E-state index < -0.39 is 10.0 Å². The van der Waals surface area contributed by atoms with E-state index in [0.29, 0.717) is 17.1 Å². The quantitative estimate of drug-likeness (QED) is 0.884. The van der Waals surface area contributed by atoms with Gasteiger partial charge in [0.1, 0.15) is 0 Å². The SMILES string of the molecule is CC(=O)N1c2ccc(S(=O)(=O)Nc3ccc(C)cc3Cl)cc2C[C@@H]1C. The summed E-state index contributed by atoms with van der Waals surface area (Å²) in [4.78, 5) is 13.6. The average molecular weight is 379 g/mol. The molecule has 7 heteroatoms.